The average molecular weight is 303 g/mol. The molecule has 0 aliphatic carbocycles. The fourth-order valence-electron chi connectivity index (χ4n) is 2.96. The number of aliphatic hydroxyl groups excluding tert-OH is 1. The van der Waals surface area contributed by atoms with E-state index in [4.69, 9.17) is 14.0 Å². The zero-order valence-corrected chi connectivity index (χ0v) is 12.1. The summed E-state index contributed by atoms with van der Waals surface area (Å²) in [6, 6.07) is 5.77. The van der Waals surface area contributed by atoms with E-state index in [0.29, 0.717) is 24.0 Å². The molecule has 0 unspecified atom stereocenters. The first-order valence-corrected chi connectivity index (χ1v) is 7.41. The highest BCUT2D eigenvalue weighted by Gasteiger charge is 2.25. The Labute approximate surface area is 127 Å². The van der Waals surface area contributed by atoms with E-state index in [1.54, 1.807) is 0 Å². The van der Waals surface area contributed by atoms with Crippen LogP contribution in [0.25, 0.3) is 11.4 Å². The van der Waals surface area contributed by atoms with Crippen LogP contribution in [0, 0.1) is 0 Å². The summed E-state index contributed by atoms with van der Waals surface area (Å²) in [7, 11) is 0. The molecule has 0 bridgehead atoms. The minimum Gasteiger partial charge on any atom is -0.454 e. The van der Waals surface area contributed by atoms with E-state index in [0.717, 1.165) is 30.7 Å². The van der Waals surface area contributed by atoms with Crippen LogP contribution in [0.2, 0.25) is 0 Å². The molecule has 7 nitrogen and oxygen atoms in total. The maximum atomic E-state index is 9.35. The Morgan fingerprint density at radius 1 is 1.27 bits per heavy atom. The largest absolute Gasteiger partial charge is 0.454 e. The molecule has 1 fully saturated rings. The number of nitrogens with zero attached hydrogens (tertiary/aromatic N) is 3. The van der Waals surface area contributed by atoms with Crippen LogP contribution in [0.3, 0.4) is 0 Å². The molecule has 0 radical (unpaired) electrons. The Morgan fingerprint density at radius 3 is 3.09 bits per heavy atom. The van der Waals surface area contributed by atoms with E-state index in [2.05, 4.69) is 15.0 Å². The van der Waals surface area contributed by atoms with Crippen molar-refractivity contribution in [3.05, 3.63) is 24.1 Å². The standard InChI is InChI=1S/C15H17N3O4/c19-8-11-2-1-5-18(11)7-14-16-15(17-22-14)10-3-4-12-13(6-10)21-9-20-12/h3-4,6,11,19H,1-2,5,7-9H2/t11-/m1/s1. The first-order chi connectivity index (χ1) is 10.8. The van der Waals surface area contributed by atoms with Crippen molar-refractivity contribution >= 4 is 0 Å². The quantitative estimate of drug-likeness (QED) is 0.914. The number of hydrogen-bond acceptors (Lipinski definition) is 7. The molecule has 1 aromatic heterocycles. The summed E-state index contributed by atoms with van der Waals surface area (Å²) in [5.41, 5.74) is 0.833. The van der Waals surface area contributed by atoms with Gasteiger partial charge in [0.25, 0.3) is 0 Å². The van der Waals surface area contributed by atoms with Gasteiger partial charge in [-0.15, -0.1) is 0 Å². The second-order valence-electron chi connectivity index (χ2n) is 5.53. The molecule has 1 saturated heterocycles. The minimum atomic E-state index is 0.170. The van der Waals surface area contributed by atoms with Crippen molar-refractivity contribution in [3.8, 4) is 22.9 Å². The first-order valence-electron chi connectivity index (χ1n) is 7.41. The maximum absolute atomic E-state index is 9.35. The molecule has 0 amide bonds. The van der Waals surface area contributed by atoms with Crippen LogP contribution >= 0.6 is 0 Å². The SMILES string of the molecule is OC[C@H]1CCCN1Cc1nc(-c2ccc3c(c2)OCO3)no1. The van der Waals surface area contributed by atoms with Gasteiger partial charge in [0.05, 0.1) is 13.2 Å². The lowest BCUT2D eigenvalue weighted by molar-refractivity contribution is 0.141. The molecule has 3 heterocycles. The van der Waals surface area contributed by atoms with Crippen molar-refractivity contribution in [1.82, 2.24) is 15.0 Å². The van der Waals surface area contributed by atoms with Crippen molar-refractivity contribution in [2.24, 2.45) is 0 Å². The minimum absolute atomic E-state index is 0.170. The van der Waals surface area contributed by atoms with Crippen molar-refractivity contribution < 1.29 is 19.1 Å². The predicted molar refractivity (Wildman–Crippen MR) is 76.4 cm³/mol. The van der Waals surface area contributed by atoms with Crippen LogP contribution in [0.1, 0.15) is 18.7 Å². The Balaban J connectivity index is 1.51. The van der Waals surface area contributed by atoms with Gasteiger partial charge in [0.2, 0.25) is 18.5 Å². The van der Waals surface area contributed by atoms with Gasteiger partial charge in [0, 0.05) is 11.6 Å². The van der Waals surface area contributed by atoms with Gasteiger partial charge in [-0.25, -0.2) is 0 Å². The van der Waals surface area contributed by atoms with Gasteiger partial charge < -0.3 is 19.1 Å². The van der Waals surface area contributed by atoms with Crippen molar-refractivity contribution in [2.45, 2.75) is 25.4 Å². The van der Waals surface area contributed by atoms with Crippen LogP contribution in [0.5, 0.6) is 11.5 Å². The first kappa shape index (κ1) is 13.5. The second kappa shape index (κ2) is 5.58. The summed E-state index contributed by atoms with van der Waals surface area (Å²) >= 11 is 0. The number of rotatable bonds is 4. The molecule has 1 aromatic carbocycles. The molecule has 2 aliphatic rings. The highest BCUT2D eigenvalue weighted by Crippen LogP contribution is 2.35. The summed E-state index contributed by atoms with van der Waals surface area (Å²) in [5, 5.41) is 13.4. The Morgan fingerprint density at radius 2 is 2.18 bits per heavy atom. The molecule has 1 atom stereocenters. The van der Waals surface area contributed by atoms with Gasteiger partial charge in [-0.05, 0) is 37.6 Å². The molecule has 4 rings (SSSR count). The van der Waals surface area contributed by atoms with Crippen LogP contribution in [-0.4, -0.2) is 46.1 Å². The van der Waals surface area contributed by atoms with Gasteiger partial charge in [0.1, 0.15) is 0 Å². The van der Waals surface area contributed by atoms with Gasteiger partial charge in [0.15, 0.2) is 11.5 Å². The summed E-state index contributed by atoms with van der Waals surface area (Å²) in [6.45, 7) is 1.94. The van der Waals surface area contributed by atoms with E-state index in [9.17, 15) is 5.11 Å². The topological polar surface area (TPSA) is 80.9 Å². The number of aliphatic hydroxyl groups is 1. The fourth-order valence-corrected chi connectivity index (χ4v) is 2.96. The Kier molecular flexibility index (Phi) is 3.44. The van der Waals surface area contributed by atoms with Gasteiger partial charge in [-0.1, -0.05) is 5.16 Å². The monoisotopic (exact) mass is 303 g/mol. The lowest BCUT2D eigenvalue weighted by atomic mass is 10.2. The van der Waals surface area contributed by atoms with Gasteiger partial charge >= 0.3 is 0 Å². The smallest absolute Gasteiger partial charge is 0.241 e. The lowest BCUT2D eigenvalue weighted by Gasteiger charge is -2.20. The van der Waals surface area contributed by atoms with Crippen molar-refractivity contribution in [3.63, 3.8) is 0 Å². The number of aromatic nitrogens is 2. The zero-order valence-electron chi connectivity index (χ0n) is 12.1. The molecule has 2 aromatic rings. The van der Waals surface area contributed by atoms with Crippen LogP contribution in [0.15, 0.2) is 22.7 Å². The Hall–Kier alpha value is -2.12. The highest BCUT2D eigenvalue weighted by molar-refractivity contribution is 5.61. The molecule has 1 N–H and O–H groups in total. The number of hydrogen-bond donors (Lipinski definition) is 1. The van der Waals surface area contributed by atoms with Crippen LogP contribution in [0.4, 0.5) is 0 Å². The number of benzene rings is 1. The van der Waals surface area contributed by atoms with E-state index >= 15 is 0 Å². The summed E-state index contributed by atoms with van der Waals surface area (Å²) < 4.78 is 16.0. The third kappa shape index (κ3) is 2.42. The lowest BCUT2D eigenvalue weighted by Crippen LogP contribution is -2.31. The molecular weight excluding hydrogens is 286 g/mol. The van der Waals surface area contributed by atoms with E-state index < -0.39 is 0 Å². The normalized spacial score (nSPS) is 20.7. The number of fused-ring (bicyclic) bond motifs is 1. The zero-order chi connectivity index (χ0) is 14.9. The summed E-state index contributed by atoms with van der Waals surface area (Å²) in [5.74, 6) is 2.53. The molecule has 116 valence electrons. The summed E-state index contributed by atoms with van der Waals surface area (Å²) in [6.07, 6.45) is 2.11. The molecule has 0 saturated carbocycles. The third-order valence-corrected chi connectivity index (χ3v) is 4.15. The molecule has 7 heteroatoms. The fraction of sp³-hybridized carbons (Fsp3) is 0.467. The maximum Gasteiger partial charge on any atom is 0.241 e. The Bertz CT molecular complexity index is 673. The molecule has 2 aliphatic heterocycles. The molecule has 0 spiro atoms. The predicted octanol–water partition coefficient (Wildman–Crippen LogP) is 1.42. The average Bonchev–Trinajstić information content (AvgIpc) is 3.27. The van der Waals surface area contributed by atoms with Crippen LogP contribution < -0.4 is 9.47 Å². The second-order valence-corrected chi connectivity index (χ2v) is 5.53. The van der Waals surface area contributed by atoms with Crippen molar-refractivity contribution in [1.29, 1.82) is 0 Å². The molecular formula is C15H17N3O4. The van der Waals surface area contributed by atoms with Crippen molar-refractivity contribution in [2.75, 3.05) is 19.9 Å². The van der Waals surface area contributed by atoms with Gasteiger partial charge in [-0.3, -0.25) is 4.90 Å². The number of likely N-dealkylation sites (tertiary alicyclic amines) is 1. The highest BCUT2D eigenvalue weighted by atomic mass is 16.7. The van der Waals surface area contributed by atoms with E-state index in [1.165, 1.54) is 0 Å². The van der Waals surface area contributed by atoms with Crippen LogP contribution in [-0.2, 0) is 6.54 Å². The summed E-state index contributed by atoms with van der Waals surface area (Å²) in [4.78, 5) is 6.62. The van der Waals surface area contributed by atoms with E-state index in [-0.39, 0.29) is 19.4 Å². The molecule has 22 heavy (non-hydrogen) atoms. The van der Waals surface area contributed by atoms with Gasteiger partial charge in [-0.2, -0.15) is 4.98 Å². The number of ether oxygens (including phenoxy) is 2. The van der Waals surface area contributed by atoms with E-state index in [1.807, 2.05) is 18.2 Å². The third-order valence-electron chi connectivity index (χ3n) is 4.15.